The molecular weight excluding hydrogens is 328 g/mol. The Morgan fingerprint density at radius 2 is 1.81 bits per heavy atom. The van der Waals surface area contributed by atoms with Gasteiger partial charge in [0.15, 0.2) is 0 Å². The number of rotatable bonds is 10. The maximum Gasteiger partial charge on any atom is 0.251 e. The summed E-state index contributed by atoms with van der Waals surface area (Å²) in [6, 6.07) is 7.46. The second kappa shape index (κ2) is 11.6. The number of ether oxygens (including phenoxy) is 1. The van der Waals surface area contributed by atoms with E-state index in [1.165, 1.54) is 25.7 Å². The molecule has 5 heteroatoms. The zero-order valence-corrected chi connectivity index (χ0v) is 15.9. The predicted octanol–water partition coefficient (Wildman–Crippen LogP) is 3.82. The molecule has 0 aromatic heterocycles. The number of carbonyl (C=O) groups is 2. The molecule has 1 aromatic carbocycles. The van der Waals surface area contributed by atoms with Gasteiger partial charge in [-0.3, -0.25) is 9.59 Å². The molecule has 2 amide bonds. The molecule has 144 valence electrons. The van der Waals surface area contributed by atoms with Gasteiger partial charge >= 0.3 is 0 Å². The number of amides is 2. The van der Waals surface area contributed by atoms with E-state index in [0.29, 0.717) is 31.2 Å². The minimum Gasteiger partial charge on any atom is -0.494 e. The predicted molar refractivity (Wildman–Crippen MR) is 103 cm³/mol. The molecule has 0 radical (unpaired) electrons. The molecule has 1 saturated carbocycles. The lowest BCUT2D eigenvalue weighted by Crippen LogP contribution is -2.38. The molecule has 26 heavy (non-hydrogen) atoms. The van der Waals surface area contributed by atoms with Gasteiger partial charge in [0.05, 0.1) is 6.61 Å². The second-order valence-electron chi connectivity index (χ2n) is 6.99. The molecule has 0 saturated heterocycles. The Balaban J connectivity index is 1.64. The van der Waals surface area contributed by atoms with E-state index in [-0.39, 0.29) is 11.8 Å². The molecular formula is C21H32N2O3. The highest BCUT2D eigenvalue weighted by atomic mass is 16.5. The number of hydrogen-bond donors (Lipinski definition) is 2. The monoisotopic (exact) mass is 360 g/mol. The summed E-state index contributed by atoms with van der Waals surface area (Å²) in [5.74, 6) is 0.644. The summed E-state index contributed by atoms with van der Waals surface area (Å²) >= 11 is 0. The molecule has 0 atom stereocenters. The lowest BCUT2D eigenvalue weighted by molar-refractivity contribution is -0.121. The summed E-state index contributed by atoms with van der Waals surface area (Å²) in [5.41, 5.74) is 0.582. The molecule has 0 unspecified atom stereocenters. The van der Waals surface area contributed by atoms with Gasteiger partial charge in [-0.1, -0.05) is 39.0 Å². The van der Waals surface area contributed by atoms with E-state index in [0.717, 1.165) is 31.4 Å². The van der Waals surface area contributed by atoms with Gasteiger partial charge in [0.25, 0.3) is 5.91 Å². The van der Waals surface area contributed by atoms with Gasteiger partial charge in [-0.2, -0.15) is 0 Å². The van der Waals surface area contributed by atoms with Crippen molar-refractivity contribution >= 4 is 11.8 Å². The Labute approximate surface area is 156 Å². The molecule has 0 heterocycles. The Bertz CT molecular complexity index is 551. The van der Waals surface area contributed by atoms with E-state index < -0.39 is 0 Å². The summed E-state index contributed by atoms with van der Waals surface area (Å²) in [6.45, 7) is 3.22. The first-order valence-electron chi connectivity index (χ1n) is 9.99. The summed E-state index contributed by atoms with van der Waals surface area (Å²) < 4.78 is 5.64. The zero-order chi connectivity index (χ0) is 18.6. The third-order valence-electron chi connectivity index (χ3n) is 4.74. The quantitative estimate of drug-likeness (QED) is 0.623. The molecule has 0 spiro atoms. The molecule has 1 aliphatic carbocycles. The van der Waals surface area contributed by atoms with Gasteiger partial charge in [0, 0.05) is 24.6 Å². The highest BCUT2D eigenvalue weighted by molar-refractivity contribution is 5.94. The smallest absolute Gasteiger partial charge is 0.251 e. The maximum absolute atomic E-state index is 12.1. The molecule has 2 N–H and O–H groups in total. The number of unbranched alkanes of at least 4 members (excludes halogenated alkanes) is 2. The van der Waals surface area contributed by atoms with Crippen molar-refractivity contribution in [2.24, 2.45) is 0 Å². The molecule has 1 aliphatic rings. The highest BCUT2D eigenvalue weighted by Gasteiger charge is 2.15. The molecule has 5 nitrogen and oxygen atoms in total. The van der Waals surface area contributed by atoms with Crippen molar-refractivity contribution in [2.45, 2.75) is 70.8 Å². The van der Waals surface area contributed by atoms with E-state index in [2.05, 4.69) is 17.6 Å². The second-order valence-corrected chi connectivity index (χ2v) is 6.99. The molecule has 0 bridgehead atoms. The lowest BCUT2D eigenvalue weighted by atomic mass is 9.95. The van der Waals surface area contributed by atoms with Crippen LogP contribution in [-0.4, -0.2) is 31.0 Å². The Kier molecular flexibility index (Phi) is 9.01. The van der Waals surface area contributed by atoms with Crippen molar-refractivity contribution < 1.29 is 14.3 Å². The third kappa shape index (κ3) is 7.46. The number of carbonyl (C=O) groups excluding carboxylic acids is 2. The van der Waals surface area contributed by atoms with Crippen LogP contribution < -0.4 is 15.4 Å². The molecule has 0 aliphatic heterocycles. The Morgan fingerprint density at radius 1 is 1.08 bits per heavy atom. The van der Waals surface area contributed by atoms with Crippen LogP contribution in [0, 0.1) is 0 Å². The van der Waals surface area contributed by atoms with Crippen molar-refractivity contribution in [3.8, 4) is 5.75 Å². The third-order valence-corrected chi connectivity index (χ3v) is 4.74. The Morgan fingerprint density at radius 3 is 2.50 bits per heavy atom. The van der Waals surface area contributed by atoms with Crippen LogP contribution in [0.1, 0.15) is 75.1 Å². The summed E-state index contributed by atoms with van der Waals surface area (Å²) in [5, 5.41) is 5.87. The van der Waals surface area contributed by atoms with Gasteiger partial charge in [0.2, 0.25) is 5.91 Å². The number of nitrogens with one attached hydrogen (secondary N) is 2. The van der Waals surface area contributed by atoms with Crippen molar-refractivity contribution in [1.29, 1.82) is 0 Å². The van der Waals surface area contributed by atoms with Crippen molar-refractivity contribution in [1.82, 2.24) is 10.6 Å². The van der Waals surface area contributed by atoms with E-state index in [4.69, 9.17) is 4.74 Å². The fourth-order valence-corrected chi connectivity index (χ4v) is 3.18. The van der Waals surface area contributed by atoms with Gasteiger partial charge in [-0.15, -0.1) is 0 Å². The first kappa shape index (κ1) is 20.3. The first-order chi connectivity index (χ1) is 12.7. The fourth-order valence-electron chi connectivity index (χ4n) is 3.18. The molecule has 1 fully saturated rings. The highest BCUT2D eigenvalue weighted by Crippen LogP contribution is 2.17. The van der Waals surface area contributed by atoms with E-state index >= 15 is 0 Å². The first-order valence-corrected chi connectivity index (χ1v) is 9.99. The van der Waals surface area contributed by atoms with Crippen LogP contribution >= 0.6 is 0 Å². The standard InChI is InChI=1S/C21H32N2O3/c1-2-3-7-16-26-19-12-10-17(11-13-19)21(25)22-15-14-20(24)23-18-8-5-4-6-9-18/h10-13,18H,2-9,14-16H2,1H3,(H,22,25)(H,23,24). The lowest BCUT2D eigenvalue weighted by Gasteiger charge is -2.22. The summed E-state index contributed by atoms with van der Waals surface area (Å²) in [7, 11) is 0. The van der Waals surface area contributed by atoms with Crippen LogP contribution in [0.4, 0.5) is 0 Å². The van der Waals surface area contributed by atoms with Crippen LogP contribution in [-0.2, 0) is 4.79 Å². The minimum atomic E-state index is -0.159. The topological polar surface area (TPSA) is 67.4 Å². The zero-order valence-electron chi connectivity index (χ0n) is 15.9. The average Bonchev–Trinajstić information content (AvgIpc) is 2.66. The van der Waals surface area contributed by atoms with Gasteiger partial charge in [0.1, 0.15) is 5.75 Å². The van der Waals surface area contributed by atoms with E-state index in [1.54, 1.807) is 12.1 Å². The average molecular weight is 360 g/mol. The van der Waals surface area contributed by atoms with Gasteiger partial charge in [-0.05, 0) is 43.5 Å². The van der Waals surface area contributed by atoms with Crippen LogP contribution in [0.2, 0.25) is 0 Å². The molecule has 2 rings (SSSR count). The normalized spacial score (nSPS) is 14.7. The fraction of sp³-hybridized carbons (Fsp3) is 0.619. The summed E-state index contributed by atoms with van der Waals surface area (Å²) in [6.07, 6.45) is 9.50. The van der Waals surface area contributed by atoms with Crippen LogP contribution in [0.3, 0.4) is 0 Å². The Hall–Kier alpha value is -2.04. The summed E-state index contributed by atoms with van der Waals surface area (Å²) in [4.78, 5) is 24.1. The van der Waals surface area contributed by atoms with Crippen molar-refractivity contribution in [3.05, 3.63) is 29.8 Å². The number of hydrogen-bond acceptors (Lipinski definition) is 3. The number of benzene rings is 1. The van der Waals surface area contributed by atoms with Gasteiger partial charge in [-0.25, -0.2) is 0 Å². The maximum atomic E-state index is 12.1. The van der Waals surface area contributed by atoms with Crippen LogP contribution in [0.15, 0.2) is 24.3 Å². The minimum absolute atomic E-state index is 0.0213. The van der Waals surface area contributed by atoms with E-state index in [1.807, 2.05) is 12.1 Å². The van der Waals surface area contributed by atoms with E-state index in [9.17, 15) is 9.59 Å². The SMILES string of the molecule is CCCCCOc1ccc(C(=O)NCCC(=O)NC2CCCCC2)cc1. The van der Waals surface area contributed by atoms with Crippen LogP contribution in [0.5, 0.6) is 5.75 Å². The van der Waals surface area contributed by atoms with Crippen LogP contribution in [0.25, 0.3) is 0 Å². The van der Waals surface area contributed by atoms with Crippen molar-refractivity contribution in [3.63, 3.8) is 0 Å². The van der Waals surface area contributed by atoms with Crippen molar-refractivity contribution in [2.75, 3.05) is 13.2 Å². The molecule has 1 aromatic rings. The largest absolute Gasteiger partial charge is 0.494 e. The van der Waals surface area contributed by atoms with Gasteiger partial charge < -0.3 is 15.4 Å².